The lowest BCUT2D eigenvalue weighted by Gasteiger charge is -2.28. The molecular formula is C15H33N. The van der Waals surface area contributed by atoms with Crippen LogP contribution in [0.15, 0.2) is 0 Å². The van der Waals surface area contributed by atoms with Crippen molar-refractivity contribution in [3.8, 4) is 0 Å². The lowest BCUT2D eigenvalue weighted by atomic mass is 9.86. The highest BCUT2D eigenvalue weighted by atomic mass is 14.9. The van der Waals surface area contributed by atoms with Gasteiger partial charge in [0.05, 0.1) is 0 Å². The maximum absolute atomic E-state index is 3.74. The summed E-state index contributed by atoms with van der Waals surface area (Å²) in [7, 11) is 0. The summed E-state index contributed by atoms with van der Waals surface area (Å²) in [4.78, 5) is 0. The van der Waals surface area contributed by atoms with E-state index in [9.17, 15) is 0 Å². The molecule has 0 aromatic rings. The molecule has 0 aromatic heterocycles. The van der Waals surface area contributed by atoms with E-state index in [1.165, 1.54) is 51.5 Å². The highest BCUT2D eigenvalue weighted by Gasteiger charge is 2.18. The van der Waals surface area contributed by atoms with Crippen molar-refractivity contribution in [1.29, 1.82) is 0 Å². The number of hydrogen-bond donors (Lipinski definition) is 1. The second-order valence-corrected chi connectivity index (χ2v) is 5.90. The summed E-state index contributed by atoms with van der Waals surface area (Å²) >= 11 is 0. The van der Waals surface area contributed by atoms with Gasteiger partial charge in [-0.15, -0.1) is 0 Å². The molecule has 1 N–H and O–H groups in total. The van der Waals surface area contributed by atoms with E-state index in [0.29, 0.717) is 5.41 Å². The Morgan fingerprint density at radius 3 is 2.19 bits per heavy atom. The van der Waals surface area contributed by atoms with Gasteiger partial charge in [-0.2, -0.15) is 0 Å². The first-order valence-corrected chi connectivity index (χ1v) is 7.29. The smallest absolute Gasteiger partial charge is 0.00645 e. The van der Waals surface area contributed by atoms with E-state index in [2.05, 4.69) is 39.9 Å². The molecule has 1 nitrogen and oxygen atoms in total. The van der Waals surface area contributed by atoms with Crippen LogP contribution >= 0.6 is 0 Å². The van der Waals surface area contributed by atoms with Gasteiger partial charge in [0.2, 0.25) is 0 Å². The summed E-state index contributed by atoms with van der Waals surface area (Å²) in [6.45, 7) is 12.8. The van der Waals surface area contributed by atoms with Crippen molar-refractivity contribution in [3.63, 3.8) is 0 Å². The van der Waals surface area contributed by atoms with Crippen molar-refractivity contribution in [2.24, 2.45) is 5.41 Å². The van der Waals surface area contributed by atoms with E-state index >= 15 is 0 Å². The second kappa shape index (κ2) is 9.04. The molecule has 0 fully saturated rings. The SMILES string of the molecule is CCCCCC(C)(C)CNC(CC)CCC. The Kier molecular flexibility index (Phi) is 9.02. The molecule has 1 atom stereocenters. The van der Waals surface area contributed by atoms with E-state index in [1.807, 2.05) is 0 Å². The van der Waals surface area contributed by atoms with Crippen molar-refractivity contribution in [3.05, 3.63) is 0 Å². The Morgan fingerprint density at radius 1 is 1.00 bits per heavy atom. The summed E-state index contributed by atoms with van der Waals surface area (Å²) in [5, 5.41) is 3.74. The van der Waals surface area contributed by atoms with Gasteiger partial charge in [0.15, 0.2) is 0 Å². The molecule has 0 aliphatic heterocycles. The number of nitrogens with one attached hydrogen (secondary N) is 1. The monoisotopic (exact) mass is 227 g/mol. The third-order valence-electron chi connectivity index (χ3n) is 3.46. The molecule has 0 bridgehead atoms. The molecule has 0 saturated carbocycles. The van der Waals surface area contributed by atoms with Crippen molar-refractivity contribution in [2.45, 2.75) is 85.6 Å². The van der Waals surface area contributed by atoms with Gasteiger partial charge in [-0.3, -0.25) is 0 Å². The maximum atomic E-state index is 3.74. The van der Waals surface area contributed by atoms with Gasteiger partial charge in [-0.25, -0.2) is 0 Å². The molecule has 16 heavy (non-hydrogen) atoms. The first-order chi connectivity index (χ1) is 7.55. The largest absolute Gasteiger partial charge is 0.313 e. The standard InChI is InChI=1S/C15H33N/c1-6-9-10-12-15(4,5)13-16-14(8-3)11-7-2/h14,16H,6-13H2,1-5H3. The molecular weight excluding hydrogens is 194 g/mol. The lowest BCUT2D eigenvalue weighted by molar-refractivity contribution is 0.280. The Labute approximate surface area is 103 Å². The minimum atomic E-state index is 0.469. The van der Waals surface area contributed by atoms with Crippen LogP contribution in [0.3, 0.4) is 0 Å². The molecule has 0 rings (SSSR count). The molecule has 1 heteroatoms. The van der Waals surface area contributed by atoms with Gasteiger partial charge >= 0.3 is 0 Å². The van der Waals surface area contributed by atoms with Crippen molar-refractivity contribution in [1.82, 2.24) is 5.32 Å². The number of rotatable bonds is 10. The quantitative estimate of drug-likeness (QED) is 0.531. The summed E-state index contributed by atoms with van der Waals surface area (Å²) < 4.78 is 0. The molecule has 0 amide bonds. The van der Waals surface area contributed by atoms with Crippen LogP contribution in [0.5, 0.6) is 0 Å². The van der Waals surface area contributed by atoms with Crippen molar-refractivity contribution < 1.29 is 0 Å². The molecule has 0 spiro atoms. The fourth-order valence-corrected chi connectivity index (χ4v) is 2.16. The second-order valence-electron chi connectivity index (χ2n) is 5.90. The van der Waals surface area contributed by atoms with Gasteiger partial charge in [-0.1, -0.05) is 60.3 Å². The van der Waals surface area contributed by atoms with Crippen LogP contribution in [0, 0.1) is 5.41 Å². The van der Waals surface area contributed by atoms with Crippen LogP contribution in [0.1, 0.15) is 79.6 Å². The molecule has 0 aliphatic carbocycles. The summed E-state index contributed by atoms with van der Waals surface area (Å²) in [6, 6.07) is 0.732. The predicted molar refractivity (Wildman–Crippen MR) is 74.9 cm³/mol. The van der Waals surface area contributed by atoms with E-state index < -0.39 is 0 Å². The Bertz CT molecular complexity index is 152. The summed E-state index contributed by atoms with van der Waals surface area (Å²) in [5.74, 6) is 0. The highest BCUT2D eigenvalue weighted by Crippen LogP contribution is 2.23. The minimum absolute atomic E-state index is 0.469. The average Bonchev–Trinajstić information content (AvgIpc) is 2.24. The van der Waals surface area contributed by atoms with Crippen molar-refractivity contribution >= 4 is 0 Å². The Hall–Kier alpha value is -0.0400. The van der Waals surface area contributed by atoms with Crippen LogP contribution in [0.4, 0.5) is 0 Å². The van der Waals surface area contributed by atoms with Crippen LogP contribution in [0.25, 0.3) is 0 Å². The van der Waals surface area contributed by atoms with Gasteiger partial charge in [0, 0.05) is 12.6 Å². The fraction of sp³-hybridized carbons (Fsp3) is 1.00. The average molecular weight is 227 g/mol. The van der Waals surface area contributed by atoms with E-state index in [0.717, 1.165) is 6.04 Å². The molecule has 0 radical (unpaired) electrons. The van der Waals surface area contributed by atoms with Gasteiger partial charge in [0.1, 0.15) is 0 Å². The zero-order valence-corrected chi connectivity index (χ0v) is 12.2. The van der Waals surface area contributed by atoms with Crippen LogP contribution in [-0.2, 0) is 0 Å². The molecule has 1 unspecified atom stereocenters. The fourth-order valence-electron chi connectivity index (χ4n) is 2.16. The van der Waals surface area contributed by atoms with Gasteiger partial charge < -0.3 is 5.32 Å². The number of hydrogen-bond acceptors (Lipinski definition) is 1. The van der Waals surface area contributed by atoms with Crippen LogP contribution in [-0.4, -0.2) is 12.6 Å². The van der Waals surface area contributed by atoms with Crippen LogP contribution in [0.2, 0.25) is 0 Å². The normalized spacial score (nSPS) is 14.1. The van der Waals surface area contributed by atoms with Gasteiger partial charge in [0.25, 0.3) is 0 Å². The molecule has 0 saturated heterocycles. The third-order valence-corrected chi connectivity index (χ3v) is 3.46. The van der Waals surface area contributed by atoms with Crippen LogP contribution < -0.4 is 5.32 Å². The first-order valence-electron chi connectivity index (χ1n) is 7.29. The topological polar surface area (TPSA) is 12.0 Å². The van der Waals surface area contributed by atoms with Crippen molar-refractivity contribution in [2.75, 3.05) is 6.54 Å². The molecule has 98 valence electrons. The highest BCUT2D eigenvalue weighted by molar-refractivity contribution is 4.75. The molecule has 0 aliphatic rings. The zero-order valence-electron chi connectivity index (χ0n) is 12.2. The van der Waals surface area contributed by atoms with E-state index in [-0.39, 0.29) is 0 Å². The number of unbranched alkanes of at least 4 members (excludes halogenated alkanes) is 2. The van der Waals surface area contributed by atoms with E-state index in [1.54, 1.807) is 0 Å². The van der Waals surface area contributed by atoms with E-state index in [4.69, 9.17) is 0 Å². The molecule has 0 heterocycles. The lowest BCUT2D eigenvalue weighted by Crippen LogP contribution is -2.36. The maximum Gasteiger partial charge on any atom is 0.00645 e. The van der Waals surface area contributed by atoms with Gasteiger partial charge in [-0.05, 0) is 24.7 Å². The molecule has 0 aromatic carbocycles. The summed E-state index contributed by atoms with van der Waals surface area (Å²) in [6.07, 6.45) is 9.33. The zero-order chi connectivity index (χ0) is 12.4. The third kappa shape index (κ3) is 8.15. The summed E-state index contributed by atoms with van der Waals surface area (Å²) in [5.41, 5.74) is 0.469. The Balaban J connectivity index is 3.77. The Morgan fingerprint density at radius 2 is 1.69 bits per heavy atom. The predicted octanol–water partition coefficient (Wildman–Crippen LogP) is 4.76. The minimum Gasteiger partial charge on any atom is -0.313 e. The first kappa shape index (κ1) is 16.0.